The number of rotatable bonds is 17. The molecule has 7 heteroatoms. The quantitative estimate of drug-likeness (QED) is 0.167. The first kappa shape index (κ1) is 30.9. The van der Waals surface area contributed by atoms with E-state index >= 15 is 0 Å². The van der Waals surface area contributed by atoms with Gasteiger partial charge >= 0.3 is 11.9 Å². The van der Waals surface area contributed by atoms with Crippen LogP contribution in [0.5, 0.6) is 0 Å². The second-order valence-electron chi connectivity index (χ2n) is 11.4. The summed E-state index contributed by atoms with van der Waals surface area (Å²) in [6.45, 7) is 3.67. The van der Waals surface area contributed by atoms with Gasteiger partial charge in [0.05, 0.1) is 12.2 Å². The minimum absolute atomic E-state index is 0.00678. The normalized spacial score (nSPS) is 23.4. The number of ketones is 2. The smallest absolute Gasteiger partial charge is 0.306 e. The number of hydrogen-bond acceptors (Lipinski definition) is 5. The Kier molecular flexibility index (Phi) is 13.5. The summed E-state index contributed by atoms with van der Waals surface area (Å²) in [6, 6.07) is 0. The first-order chi connectivity index (χ1) is 17.1. The summed E-state index contributed by atoms with van der Waals surface area (Å²) in [5.74, 6) is -4.95. The third kappa shape index (κ3) is 10.9. The number of esters is 1. The maximum atomic E-state index is 14.5. The molecule has 2 saturated carbocycles. The van der Waals surface area contributed by atoms with E-state index in [-0.39, 0.29) is 49.5 Å². The molecule has 0 saturated heterocycles. The van der Waals surface area contributed by atoms with Gasteiger partial charge in [-0.1, -0.05) is 64.2 Å². The Morgan fingerprint density at radius 2 is 1.58 bits per heavy atom. The van der Waals surface area contributed by atoms with Crippen molar-refractivity contribution in [2.75, 3.05) is 0 Å². The standard InChI is InChI=1S/C29H48F2O5/c1-21(2)36-28(35)15-11-6-4-3-5-10-14-23-24(26(33)20-25(23)32)16-17-27(34)29(30,31)19-18-22-12-8-7-9-13-22/h21-24,26,33H,3-20H2,1-2H3/t23?,24-,26?/m1/s1. The Balaban J connectivity index is 1.65. The minimum Gasteiger partial charge on any atom is -0.463 e. The summed E-state index contributed by atoms with van der Waals surface area (Å²) in [7, 11) is 0. The van der Waals surface area contributed by atoms with Crippen molar-refractivity contribution in [3.05, 3.63) is 0 Å². The molecule has 2 fully saturated rings. The predicted octanol–water partition coefficient (Wildman–Crippen LogP) is 6.97. The highest BCUT2D eigenvalue weighted by Crippen LogP contribution is 2.38. The van der Waals surface area contributed by atoms with Gasteiger partial charge in [-0.3, -0.25) is 14.4 Å². The van der Waals surface area contributed by atoms with E-state index in [0.29, 0.717) is 25.2 Å². The van der Waals surface area contributed by atoms with Gasteiger partial charge in [0.2, 0.25) is 5.78 Å². The molecule has 2 aliphatic rings. The van der Waals surface area contributed by atoms with Crippen LogP contribution in [-0.4, -0.2) is 40.8 Å². The monoisotopic (exact) mass is 514 g/mol. The van der Waals surface area contributed by atoms with Crippen LogP contribution in [-0.2, 0) is 19.1 Å². The fraction of sp³-hybridized carbons (Fsp3) is 0.897. The lowest BCUT2D eigenvalue weighted by Gasteiger charge is -2.24. The zero-order chi connectivity index (χ0) is 26.6. The lowest BCUT2D eigenvalue weighted by molar-refractivity contribution is -0.147. The number of carbonyl (C=O) groups is 3. The van der Waals surface area contributed by atoms with Gasteiger partial charge in [0.1, 0.15) is 5.78 Å². The lowest BCUT2D eigenvalue weighted by atomic mass is 9.83. The topological polar surface area (TPSA) is 80.7 Å². The van der Waals surface area contributed by atoms with E-state index in [9.17, 15) is 28.3 Å². The molecule has 5 nitrogen and oxygen atoms in total. The SMILES string of the molecule is CC(C)OC(=O)CCCCCCCCC1C(=O)CC(O)[C@@H]1CCC(=O)C(F)(F)CCC1CCCCC1. The van der Waals surface area contributed by atoms with Crippen LogP contribution in [0, 0.1) is 17.8 Å². The summed E-state index contributed by atoms with van der Waals surface area (Å²) < 4.78 is 34.1. The molecule has 0 spiro atoms. The Hall–Kier alpha value is -1.37. The van der Waals surface area contributed by atoms with E-state index in [1.165, 1.54) is 6.42 Å². The second-order valence-corrected chi connectivity index (χ2v) is 11.4. The summed E-state index contributed by atoms with van der Waals surface area (Å²) in [6.07, 6.45) is 11.0. The largest absolute Gasteiger partial charge is 0.463 e. The molecule has 0 bridgehead atoms. The molecule has 0 amide bonds. The maximum absolute atomic E-state index is 14.5. The van der Waals surface area contributed by atoms with Gasteiger partial charge in [-0.05, 0) is 51.4 Å². The average Bonchev–Trinajstić information content (AvgIpc) is 3.09. The highest BCUT2D eigenvalue weighted by Gasteiger charge is 2.43. The highest BCUT2D eigenvalue weighted by molar-refractivity contribution is 5.86. The zero-order valence-corrected chi connectivity index (χ0v) is 22.5. The van der Waals surface area contributed by atoms with Crippen molar-refractivity contribution in [1.29, 1.82) is 0 Å². The van der Waals surface area contributed by atoms with Crippen LogP contribution in [0.4, 0.5) is 8.78 Å². The third-order valence-electron chi connectivity index (χ3n) is 8.05. The summed E-state index contributed by atoms with van der Waals surface area (Å²) in [4.78, 5) is 36.3. The molecule has 2 unspecified atom stereocenters. The molecular formula is C29H48F2O5. The number of halogens is 2. The molecular weight excluding hydrogens is 466 g/mol. The van der Waals surface area contributed by atoms with Crippen LogP contribution in [0.1, 0.15) is 129 Å². The van der Waals surface area contributed by atoms with E-state index in [1.54, 1.807) is 0 Å². The number of aliphatic hydroxyl groups is 1. The molecule has 0 radical (unpaired) electrons. The summed E-state index contributed by atoms with van der Waals surface area (Å²) in [5.41, 5.74) is 0. The summed E-state index contributed by atoms with van der Waals surface area (Å²) >= 11 is 0. The van der Waals surface area contributed by atoms with E-state index in [2.05, 4.69) is 0 Å². The van der Waals surface area contributed by atoms with Crippen molar-refractivity contribution >= 4 is 17.5 Å². The van der Waals surface area contributed by atoms with Crippen LogP contribution in [0.15, 0.2) is 0 Å². The van der Waals surface area contributed by atoms with Gasteiger partial charge in [-0.25, -0.2) is 0 Å². The zero-order valence-electron chi connectivity index (χ0n) is 22.5. The van der Waals surface area contributed by atoms with Gasteiger partial charge in [-0.15, -0.1) is 0 Å². The van der Waals surface area contributed by atoms with E-state index in [0.717, 1.165) is 64.2 Å². The van der Waals surface area contributed by atoms with Crippen LogP contribution in [0.25, 0.3) is 0 Å². The Bertz CT molecular complexity index is 687. The van der Waals surface area contributed by atoms with Crippen molar-refractivity contribution in [3.8, 4) is 0 Å². The molecule has 0 aromatic carbocycles. The van der Waals surface area contributed by atoms with Crippen LogP contribution >= 0.6 is 0 Å². The van der Waals surface area contributed by atoms with Gasteiger partial charge in [-0.2, -0.15) is 8.78 Å². The van der Waals surface area contributed by atoms with Crippen LogP contribution < -0.4 is 0 Å². The van der Waals surface area contributed by atoms with Crippen LogP contribution in [0.2, 0.25) is 0 Å². The first-order valence-corrected chi connectivity index (χ1v) is 14.4. The minimum atomic E-state index is -3.31. The number of hydrogen-bond donors (Lipinski definition) is 1. The maximum Gasteiger partial charge on any atom is 0.306 e. The van der Waals surface area contributed by atoms with E-state index < -0.39 is 23.7 Å². The Morgan fingerprint density at radius 3 is 2.25 bits per heavy atom. The Labute approximate surface area is 216 Å². The fourth-order valence-electron chi connectivity index (χ4n) is 5.93. The number of Topliss-reactive ketones (excluding diaryl/α,β-unsaturated/α-hetero) is 2. The molecule has 0 aliphatic heterocycles. The van der Waals surface area contributed by atoms with Crippen molar-refractivity contribution in [1.82, 2.24) is 0 Å². The van der Waals surface area contributed by atoms with Crippen molar-refractivity contribution in [2.24, 2.45) is 17.8 Å². The molecule has 1 N–H and O–H groups in total. The van der Waals surface area contributed by atoms with Crippen molar-refractivity contribution in [3.63, 3.8) is 0 Å². The van der Waals surface area contributed by atoms with Gasteiger partial charge in [0.25, 0.3) is 0 Å². The molecule has 0 aromatic rings. The number of unbranched alkanes of at least 4 members (excludes halogenated alkanes) is 5. The van der Waals surface area contributed by atoms with Crippen molar-refractivity contribution < 1.29 is 33.0 Å². The first-order valence-electron chi connectivity index (χ1n) is 14.4. The molecule has 208 valence electrons. The molecule has 2 aliphatic carbocycles. The average molecular weight is 515 g/mol. The van der Waals surface area contributed by atoms with E-state index in [4.69, 9.17) is 4.74 Å². The number of aliphatic hydroxyl groups excluding tert-OH is 1. The highest BCUT2D eigenvalue weighted by atomic mass is 19.3. The molecule has 3 atom stereocenters. The predicted molar refractivity (Wildman–Crippen MR) is 136 cm³/mol. The molecule has 0 heterocycles. The molecule has 0 aromatic heterocycles. The third-order valence-corrected chi connectivity index (χ3v) is 8.05. The van der Waals surface area contributed by atoms with E-state index in [1.807, 2.05) is 13.8 Å². The lowest BCUT2D eigenvalue weighted by Crippen LogP contribution is -2.31. The second kappa shape index (κ2) is 15.8. The number of ether oxygens (including phenoxy) is 1. The van der Waals surface area contributed by atoms with Gasteiger partial charge in [0.15, 0.2) is 0 Å². The molecule has 2 rings (SSSR count). The number of alkyl halides is 2. The van der Waals surface area contributed by atoms with Crippen LogP contribution in [0.3, 0.4) is 0 Å². The van der Waals surface area contributed by atoms with Crippen molar-refractivity contribution in [2.45, 2.75) is 148 Å². The Morgan fingerprint density at radius 1 is 0.944 bits per heavy atom. The summed E-state index contributed by atoms with van der Waals surface area (Å²) in [5, 5.41) is 10.4. The molecule has 36 heavy (non-hydrogen) atoms. The van der Waals surface area contributed by atoms with Gasteiger partial charge in [0, 0.05) is 31.6 Å². The number of carbonyl (C=O) groups excluding carboxylic acids is 3. The van der Waals surface area contributed by atoms with Gasteiger partial charge < -0.3 is 9.84 Å². The fourth-order valence-corrected chi connectivity index (χ4v) is 5.93.